The summed E-state index contributed by atoms with van der Waals surface area (Å²) in [5, 5.41) is 3.57. The first-order chi connectivity index (χ1) is 15.3. The van der Waals surface area contributed by atoms with Crippen LogP contribution in [0.4, 0.5) is 5.69 Å². The van der Waals surface area contributed by atoms with E-state index in [0.717, 1.165) is 44.9 Å². The van der Waals surface area contributed by atoms with E-state index in [4.69, 9.17) is 26.8 Å². The van der Waals surface area contributed by atoms with Crippen LogP contribution < -0.4 is 15.8 Å². The fourth-order valence-corrected chi connectivity index (χ4v) is 5.56. The number of methoxy groups -OCH3 is 2. The van der Waals surface area contributed by atoms with E-state index in [1.54, 1.807) is 12.1 Å². The summed E-state index contributed by atoms with van der Waals surface area (Å²) in [6.45, 7) is 2.30. The molecule has 0 radical (unpaired) electrons. The number of anilines is 1. The number of unbranched alkanes of at least 4 members (excludes halogenated alkanes) is 1. The van der Waals surface area contributed by atoms with Gasteiger partial charge in [0.15, 0.2) is 0 Å². The molecule has 2 aliphatic heterocycles. The molecule has 3 N–H and O–H groups in total. The first-order valence-corrected chi connectivity index (χ1v) is 12.0. The highest BCUT2D eigenvalue weighted by Gasteiger charge is 2.40. The smallest absolute Gasteiger partial charge is 0.305 e. The Morgan fingerprint density at radius 1 is 1.22 bits per heavy atom. The maximum absolute atomic E-state index is 13.0. The minimum absolute atomic E-state index is 0.126. The highest BCUT2D eigenvalue weighted by molar-refractivity contribution is 6.33. The van der Waals surface area contributed by atoms with Gasteiger partial charge < -0.3 is 20.5 Å². The molecule has 3 unspecified atom stereocenters. The third-order valence-electron chi connectivity index (χ3n) is 6.92. The topological polar surface area (TPSA) is 93.9 Å². The molecule has 3 atom stereocenters. The Kier molecular flexibility index (Phi) is 8.65. The van der Waals surface area contributed by atoms with Crippen molar-refractivity contribution >= 4 is 29.2 Å². The second-order valence-corrected chi connectivity index (χ2v) is 9.48. The molecule has 2 saturated heterocycles. The summed E-state index contributed by atoms with van der Waals surface area (Å²) in [4.78, 5) is 27.0. The molecule has 1 amide bonds. The molecular weight excluding hydrogens is 430 g/mol. The summed E-state index contributed by atoms with van der Waals surface area (Å²) in [7, 11) is 2.96. The lowest BCUT2D eigenvalue weighted by molar-refractivity contribution is -0.140. The van der Waals surface area contributed by atoms with Crippen molar-refractivity contribution in [1.82, 2.24) is 10.2 Å². The Bertz CT molecular complexity index is 805. The molecule has 2 bridgehead atoms. The largest absolute Gasteiger partial charge is 0.496 e. The molecule has 178 valence electrons. The van der Waals surface area contributed by atoms with Crippen LogP contribution in [0.3, 0.4) is 0 Å². The number of nitrogens with two attached hydrogens (primary N) is 1. The first kappa shape index (κ1) is 24.6. The highest BCUT2D eigenvalue weighted by Crippen LogP contribution is 2.37. The number of hydrogen-bond donors (Lipinski definition) is 2. The van der Waals surface area contributed by atoms with E-state index in [0.29, 0.717) is 46.6 Å². The zero-order valence-corrected chi connectivity index (χ0v) is 20.1. The van der Waals surface area contributed by atoms with Crippen LogP contribution in [0.1, 0.15) is 75.1 Å². The lowest BCUT2D eigenvalue weighted by Crippen LogP contribution is -2.59. The number of hydrogen-bond acceptors (Lipinski definition) is 6. The number of benzene rings is 1. The van der Waals surface area contributed by atoms with Crippen molar-refractivity contribution in [2.75, 3.05) is 20.0 Å². The summed E-state index contributed by atoms with van der Waals surface area (Å²) >= 11 is 6.15. The highest BCUT2D eigenvalue weighted by atomic mass is 35.5. The molecule has 0 aliphatic carbocycles. The molecule has 3 rings (SSSR count). The summed E-state index contributed by atoms with van der Waals surface area (Å²) in [6.07, 6.45) is 8.89. The Morgan fingerprint density at radius 2 is 1.91 bits per heavy atom. The number of nitrogens with zero attached hydrogens (tertiary/aromatic N) is 1. The van der Waals surface area contributed by atoms with Crippen molar-refractivity contribution in [2.45, 2.75) is 88.9 Å². The number of carbonyl (C=O) groups is 2. The summed E-state index contributed by atoms with van der Waals surface area (Å²) in [5.41, 5.74) is 6.66. The van der Waals surface area contributed by atoms with E-state index >= 15 is 0 Å². The van der Waals surface area contributed by atoms with Gasteiger partial charge in [0.05, 0.1) is 30.5 Å². The number of esters is 1. The SMILES string of the molecule is COC(=O)CCCCC(C)N1C2CCCC1CC(NC(=O)c1cc(Cl)c(N)cc1OC)C2. The maximum atomic E-state index is 13.0. The predicted molar refractivity (Wildman–Crippen MR) is 126 cm³/mol. The molecule has 32 heavy (non-hydrogen) atoms. The van der Waals surface area contributed by atoms with Gasteiger partial charge >= 0.3 is 5.97 Å². The van der Waals surface area contributed by atoms with Gasteiger partial charge in [0, 0.05) is 36.7 Å². The molecule has 8 heteroatoms. The minimum Gasteiger partial charge on any atom is -0.496 e. The fourth-order valence-electron chi connectivity index (χ4n) is 5.39. The van der Waals surface area contributed by atoms with Crippen molar-refractivity contribution in [1.29, 1.82) is 0 Å². The minimum atomic E-state index is -0.170. The molecule has 7 nitrogen and oxygen atoms in total. The molecule has 0 spiro atoms. The van der Waals surface area contributed by atoms with Crippen molar-refractivity contribution in [3.05, 3.63) is 22.7 Å². The standard InChI is InChI=1S/C24H36ClN3O4/c1-15(7-4-5-10-23(29)32-3)28-17-8-6-9-18(28)12-16(11-17)27-24(30)19-13-20(25)21(26)14-22(19)31-2/h13-18H,4-12,26H2,1-3H3,(H,27,30). The third-order valence-corrected chi connectivity index (χ3v) is 7.25. The number of amides is 1. The number of ether oxygens (including phenoxy) is 2. The van der Waals surface area contributed by atoms with Crippen LogP contribution in [0.25, 0.3) is 0 Å². The lowest BCUT2D eigenvalue weighted by atomic mass is 9.80. The van der Waals surface area contributed by atoms with E-state index < -0.39 is 0 Å². The van der Waals surface area contributed by atoms with Crippen LogP contribution in [0.2, 0.25) is 5.02 Å². The van der Waals surface area contributed by atoms with Crippen molar-refractivity contribution in [2.24, 2.45) is 0 Å². The molecule has 2 heterocycles. The number of fused-ring (bicyclic) bond motifs is 2. The van der Waals surface area contributed by atoms with Crippen molar-refractivity contribution < 1.29 is 19.1 Å². The number of piperidine rings is 2. The van der Waals surface area contributed by atoms with E-state index in [1.807, 2.05) is 0 Å². The van der Waals surface area contributed by atoms with Gasteiger partial charge in [-0.2, -0.15) is 0 Å². The lowest BCUT2D eigenvalue weighted by Gasteiger charge is -2.51. The van der Waals surface area contributed by atoms with Crippen LogP contribution in [0, 0.1) is 0 Å². The summed E-state index contributed by atoms with van der Waals surface area (Å²) in [6, 6.07) is 4.71. The quantitative estimate of drug-likeness (QED) is 0.323. The zero-order chi connectivity index (χ0) is 23.3. The molecular formula is C24H36ClN3O4. The van der Waals surface area contributed by atoms with Crippen molar-refractivity contribution in [3.8, 4) is 5.75 Å². The molecule has 0 aromatic heterocycles. The van der Waals surface area contributed by atoms with E-state index in [2.05, 4.69) is 17.1 Å². The van der Waals surface area contributed by atoms with Gasteiger partial charge in [-0.05, 0) is 51.5 Å². The van der Waals surface area contributed by atoms with Crippen molar-refractivity contribution in [3.63, 3.8) is 0 Å². The molecule has 2 aliphatic rings. The van der Waals surface area contributed by atoms with Gasteiger partial charge in [-0.3, -0.25) is 14.5 Å². The van der Waals surface area contributed by atoms with Crippen LogP contribution in [-0.4, -0.2) is 55.2 Å². The van der Waals surface area contributed by atoms with E-state index in [-0.39, 0.29) is 17.9 Å². The first-order valence-electron chi connectivity index (χ1n) is 11.6. The Labute approximate surface area is 195 Å². The molecule has 2 fully saturated rings. The Hall–Kier alpha value is -1.99. The number of carbonyl (C=O) groups excluding carboxylic acids is 2. The zero-order valence-electron chi connectivity index (χ0n) is 19.4. The third kappa shape index (κ3) is 5.87. The van der Waals surface area contributed by atoms with Gasteiger partial charge in [0.25, 0.3) is 5.91 Å². The number of nitrogens with one attached hydrogen (secondary N) is 1. The summed E-state index contributed by atoms with van der Waals surface area (Å²) in [5.74, 6) is 0.129. The fraction of sp³-hybridized carbons (Fsp3) is 0.667. The van der Waals surface area contributed by atoms with Gasteiger partial charge in [0.1, 0.15) is 5.75 Å². The van der Waals surface area contributed by atoms with Gasteiger partial charge in [0.2, 0.25) is 0 Å². The van der Waals surface area contributed by atoms with E-state index in [9.17, 15) is 9.59 Å². The second-order valence-electron chi connectivity index (χ2n) is 9.07. The normalized spacial score (nSPS) is 23.9. The van der Waals surface area contributed by atoms with Gasteiger partial charge in [-0.15, -0.1) is 0 Å². The molecule has 1 aromatic carbocycles. The summed E-state index contributed by atoms with van der Waals surface area (Å²) < 4.78 is 10.1. The second kappa shape index (κ2) is 11.2. The average molecular weight is 466 g/mol. The van der Waals surface area contributed by atoms with Gasteiger partial charge in [-0.25, -0.2) is 0 Å². The number of halogens is 1. The monoisotopic (exact) mass is 465 g/mol. The Morgan fingerprint density at radius 3 is 2.53 bits per heavy atom. The van der Waals surface area contributed by atoms with Crippen LogP contribution in [0.5, 0.6) is 5.75 Å². The number of nitrogen functional groups attached to an aromatic ring is 1. The Balaban J connectivity index is 1.59. The average Bonchev–Trinajstić information content (AvgIpc) is 2.77. The van der Waals surface area contributed by atoms with Crippen LogP contribution in [-0.2, 0) is 9.53 Å². The molecule has 0 saturated carbocycles. The maximum Gasteiger partial charge on any atom is 0.305 e. The molecule has 1 aromatic rings. The van der Waals surface area contributed by atoms with Crippen LogP contribution in [0.15, 0.2) is 12.1 Å². The number of rotatable bonds is 9. The predicted octanol–water partition coefficient (Wildman–Crippen LogP) is 4.17. The van der Waals surface area contributed by atoms with E-state index in [1.165, 1.54) is 20.6 Å². The van der Waals surface area contributed by atoms with Crippen LogP contribution >= 0.6 is 11.6 Å². The van der Waals surface area contributed by atoms with Gasteiger partial charge in [-0.1, -0.05) is 24.4 Å².